The molecule has 2 aromatic rings. The van der Waals surface area contributed by atoms with E-state index in [-0.39, 0.29) is 28.4 Å². The number of ether oxygens (including phenoxy) is 1. The number of esters is 1. The Hall–Kier alpha value is -1.95. The van der Waals surface area contributed by atoms with Crippen LogP contribution < -0.4 is 5.56 Å². The summed E-state index contributed by atoms with van der Waals surface area (Å²) in [6.07, 6.45) is 0. The molecule has 7 heteroatoms. The van der Waals surface area contributed by atoms with E-state index in [9.17, 15) is 14.0 Å². The van der Waals surface area contributed by atoms with Crippen molar-refractivity contribution in [3.05, 3.63) is 39.2 Å². The van der Waals surface area contributed by atoms with Gasteiger partial charge in [0.2, 0.25) is 5.82 Å². The Bertz CT molecular complexity index is 684. The maximum absolute atomic E-state index is 13.6. The Labute approximate surface area is 106 Å². The molecule has 0 radical (unpaired) electrons. The third kappa shape index (κ3) is 2.06. The monoisotopic (exact) mass is 270 g/mol. The average Bonchev–Trinajstić information content (AvgIpc) is 2.33. The van der Waals surface area contributed by atoms with Crippen LogP contribution in [0.2, 0.25) is 5.02 Å². The second-order valence-corrected chi connectivity index (χ2v) is 3.80. The molecule has 18 heavy (non-hydrogen) atoms. The van der Waals surface area contributed by atoms with Gasteiger partial charge in [0.15, 0.2) is 5.82 Å². The van der Waals surface area contributed by atoms with E-state index < -0.39 is 17.3 Å². The smallest absolute Gasteiger partial charge is 0.374 e. The molecule has 0 bridgehead atoms. The van der Waals surface area contributed by atoms with Gasteiger partial charge in [-0.15, -0.1) is 0 Å². The van der Waals surface area contributed by atoms with Crippen molar-refractivity contribution in [1.29, 1.82) is 0 Å². The van der Waals surface area contributed by atoms with Gasteiger partial charge in [-0.2, -0.15) is 0 Å². The molecule has 1 N–H and O–H groups in total. The third-order valence-electron chi connectivity index (χ3n) is 2.23. The summed E-state index contributed by atoms with van der Waals surface area (Å²) in [5.74, 6) is -1.90. The zero-order chi connectivity index (χ0) is 13.3. The van der Waals surface area contributed by atoms with E-state index in [0.29, 0.717) is 0 Å². The first-order chi connectivity index (χ1) is 8.54. The maximum atomic E-state index is 13.6. The quantitative estimate of drug-likeness (QED) is 0.846. The molecule has 0 saturated carbocycles. The molecule has 0 amide bonds. The third-order valence-corrected chi connectivity index (χ3v) is 2.52. The van der Waals surface area contributed by atoms with Crippen LogP contribution in [-0.2, 0) is 4.74 Å². The van der Waals surface area contributed by atoms with Crippen LogP contribution in [0.5, 0.6) is 0 Å². The number of H-pyrrole nitrogens is 1. The van der Waals surface area contributed by atoms with Crippen LogP contribution in [-0.4, -0.2) is 22.5 Å². The molecule has 0 saturated heterocycles. The number of carbonyl (C=O) groups excluding carboxylic acids is 1. The van der Waals surface area contributed by atoms with Crippen LogP contribution in [0.15, 0.2) is 16.9 Å². The molecule has 1 aromatic heterocycles. The SMILES string of the molecule is CCOC(=O)c1nc2ccc(Cl)c(F)c2c(=O)[nH]1. The van der Waals surface area contributed by atoms with Crippen LogP contribution in [0.25, 0.3) is 10.9 Å². The summed E-state index contributed by atoms with van der Waals surface area (Å²) >= 11 is 5.56. The van der Waals surface area contributed by atoms with Crippen molar-refractivity contribution in [2.45, 2.75) is 6.92 Å². The molecule has 94 valence electrons. The number of nitrogens with zero attached hydrogens (tertiary/aromatic N) is 1. The highest BCUT2D eigenvalue weighted by Crippen LogP contribution is 2.20. The van der Waals surface area contributed by atoms with Crippen LogP contribution >= 0.6 is 11.6 Å². The van der Waals surface area contributed by atoms with Crippen molar-refractivity contribution >= 4 is 28.5 Å². The number of aromatic amines is 1. The average molecular weight is 271 g/mol. The first-order valence-electron chi connectivity index (χ1n) is 5.09. The molecule has 1 aromatic carbocycles. The number of rotatable bonds is 2. The lowest BCUT2D eigenvalue weighted by atomic mass is 10.2. The number of fused-ring (bicyclic) bond motifs is 1. The number of aromatic nitrogens is 2. The minimum Gasteiger partial charge on any atom is -0.460 e. The van der Waals surface area contributed by atoms with E-state index in [1.54, 1.807) is 6.92 Å². The van der Waals surface area contributed by atoms with E-state index in [1.165, 1.54) is 12.1 Å². The highest BCUT2D eigenvalue weighted by molar-refractivity contribution is 6.31. The summed E-state index contributed by atoms with van der Waals surface area (Å²) < 4.78 is 18.3. The summed E-state index contributed by atoms with van der Waals surface area (Å²) in [6.45, 7) is 1.77. The summed E-state index contributed by atoms with van der Waals surface area (Å²) in [5.41, 5.74) is -0.730. The minimum absolute atomic E-state index is 0.0451. The van der Waals surface area contributed by atoms with Gasteiger partial charge in [0.05, 0.1) is 17.1 Å². The van der Waals surface area contributed by atoms with Crippen molar-refractivity contribution in [3.8, 4) is 0 Å². The van der Waals surface area contributed by atoms with Crippen LogP contribution in [0.4, 0.5) is 4.39 Å². The molecule has 0 fully saturated rings. The number of hydrogen-bond donors (Lipinski definition) is 1. The van der Waals surface area contributed by atoms with Gasteiger partial charge in [-0.3, -0.25) is 4.79 Å². The van der Waals surface area contributed by atoms with Gasteiger partial charge in [-0.1, -0.05) is 11.6 Å². The summed E-state index contributed by atoms with van der Waals surface area (Å²) in [4.78, 5) is 29.1. The van der Waals surface area contributed by atoms with Gasteiger partial charge >= 0.3 is 5.97 Å². The standard InChI is InChI=1S/C11H8ClFN2O3/c1-2-18-11(17)9-14-6-4-3-5(12)8(13)7(6)10(16)15-9/h3-4H,2H2,1H3,(H,14,15,16). The van der Waals surface area contributed by atoms with Crippen molar-refractivity contribution in [3.63, 3.8) is 0 Å². The molecule has 0 spiro atoms. The van der Waals surface area contributed by atoms with Gasteiger partial charge < -0.3 is 9.72 Å². The Morgan fingerprint density at radius 1 is 1.56 bits per heavy atom. The molecule has 0 aliphatic heterocycles. The molecular weight excluding hydrogens is 263 g/mol. The van der Waals surface area contributed by atoms with Crippen molar-refractivity contribution < 1.29 is 13.9 Å². The number of halogens is 2. The lowest BCUT2D eigenvalue weighted by Gasteiger charge is -2.03. The van der Waals surface area contributed by atoms with E-state index in [0.717, 1.165) is 0 Å². The number of carbonyl (C=O) groups is 1. The summed E-state index contributed by atoms with van der Waals surface area (Å²) in [5, 5.41) is -0.464. The zero-order valence-electron chi connectivity index (χ0n) is 9.29. The summed E-state index contributed by atoms with van der Waals surface area (Å²) in [6, 6.07) is 2.62. The van der Waals surface area contributed by atoms with Crippen LogP contribution in [0.3, 0.4) is 0 Å². The van der Waals surface area contributed by atoms with Crippen molar-refractivity contribution in [2.24, 2.45) is 0 Å². The van der Waals surface area contributed by atoms with Crippen LogP contribution in [0, 0.1) is 5.82 Å². The lowest BCUT2D eigenvalue weighted by Crippen LogP contribution is -2.18. The maximum Gasteiger partial charge on any atom is 0.374 e. The van der Waals surface area contributed by atoms with E-state index >= 15 is 0 Å². The Morgan fingerprint density at radius 2 is 2.28 bits per heavy atom. The predicted molar refractivity (Wildman–Crippen MR) is 63.3 cm³/mol. The lowest BCUT2D eigenvalue weighted by molar-refractivity contribution is 0.0512. The molecule has 0 aliphatic rings. The minimum atomic E-state index is -0.863. The molecule has 5 nitrogen and oxygen atoms in total. The number of benzene rings is 1. The summed E-state index contributed by atoms with van der Waals surface area (Å²) in [7, 11) is 0. The Morgan fingerprint density at radius 3 is 2.94 bits per heavy atom. The normalized spacial score (nSPS) is 10.6. The second kappa shape index (κ2) is 4.73. The van der Waals surface area contributed by atoms with E-state index in [2.05, 4.69) is 9.97 Å². The highest BCUT2D eigenvalue weighted by atomic mass is 35.5. The number of hydrogen-bond acceptors (Lipinski definition) is 4. The van der Waals surface area contributed by atoms with Gasteiger partial charge in [0.1, 0.15) is 5.39 Å². The fourth-order valence-corrected chi connectivity index (χ4v) is 1.62. The van der Waals surface area contributed by atoms with E-state index in [4.69, 9.17) is 16.3 Å². The van der Waals surface area contributed by atoms with Gasteiger partial charge in [0.25, 0.3) is 5.56 Å². The van der Waals surface area contributed by atoms with Crippen molar-refractivity contribution in [1.82, 2.24) is 9.97 Å². The van der Waals surface area contributed by atoms with Gasteiger partial charge in [0, 0.05) is 0 Å². The molecule has 2 rings (SSSR count). The second-order valence-electron chi connectivity index (χ2n) is 3.39. The topological polar surface area (TPSA) is 72.0 Å². The predicted octanol–water partition coefficient (Wildman–Crippen LogP) is 1.89. The van der Waals surface area contributed by atoms with Crippen molar-refractivity contribution in [2.75, 3.05) is 6.61 Å². The van der Waals surface area contributed by atoms with Crippen LogP contribution in [0.1, 0.15) is 17.5 Å². The van der Waals surface area contributed by atoms with Gasteiger partial charge in [-0.25, -0.2) is 14.2 Å². The van der Waals surface area contributed by atoms with E-state index in [1.807, 2.05) is 0 Å². The zero-order valence-corrected chi connectivity index (χ0v) is 10.0. The molecule has 0 atom stereocenters. The largest absolute Gasteiger partial charge is 0.460 e. The Balaban J connectivity index is 2.68. The number of nitrogens with one attached hydrogen (secondary N) is 1. The Kier molecular flexibility index (Phi) is 3.29. The molecule has 0 unspecified atom stereocenters. The first kappa shape index (κ1) is 12.5. The highest BCUT2D eigenvalue weighted by Gasteiger charge is 2.16. The molecule has 1 heterocycles. The fourth-order valence-electron chi connectivity index (χ4n) is 1.46. The van der Waals surface area contributed by atoms with Gasteiger partial charge in [-0.05, 0) is 19.1 Å². The molecule has 0 aliphatic carbocycles. The molecular formula is C11H8ClFN2O3. The fraction of sp³-hybridized carbons (Fsp3) is 0.182. The first-order valence-corrected chi connectivity index (χ1v) is 5.47.